The van der Waals surface area contributed by atoms with Gasteiger partial charge in [0, 0.05) is 31.3 Å². The van der Waals surface area contributed by atoms with Gasteiger partial charge in [0.1, 0.15) is 5.54 Å². The van der Waals surface area contributed by atoms with Crippen molar-refractivity contribution in [3.63, 3.8) is 0 Å². The van der Waals surface area contributed by atoms with Crippen LogP contribution in [0.2, 0.25) is 0 Å². The molecule has 1 saturated heterocycles. The van der Waals surface area contributed by atoms with E-state index in [0.29, 0.717) is 11.4 Å². The van der Waals surface area contributed by atoms with Gasteiger partial charge in [-0.05, 0) is 38.1 Å². The number of hydrogen-bond acceptors (Lipinski definition) is 4. The Hall–Kier alpha value is -2.90. The third kappa shape index (κ3) is 4.09. The minimum atomic E-state index is -0.937. The molecule has 0 aromatic heterocycles. The van der Waals surface area contributed by atoms with Gasteiger partial charge in [-0.3, -0.25) is 19.3 Å². The third-order valence-corrected chi connectivity index (χ3v) is 3.50. The quantitative estimate of drug-likeness (QED) is 0.706. The van der Waals surface area contributed by atoms with Crippen LogP contribution in [0.3, 0.4) is 0 Å². The van der Waals surface area contributed by atoms with Crippen molar-refractivity contribution < 1.29 is 19.2 Å². The van der Waals surface area contributed by atoms with E-state index in [1.165, 1.54) is 6.92 Å². The number of rotatable bonds is 5. The zero-order valence-corrected chi connectivity index (χ0v) is 13.8. The molecule has 1 aliphatic rings. The number of imide groups is 1. The number of nitrogens with one attached hydrogen (secondary N) is 3. The summed E-state index contributed by atoms with van der Waals surface area (Å²) in [6.45, 7) is 4.66. The van der Waals surface area contributed by atoms with Crippen molar-refractivity contribution in [1.29, 1.82) is 0 Å². The van der Waals surface area contributed by atoms with E-state index >= 15 is 0 Å². The van der Waals surface area contributed by atoms with Gasteiger partial charge < -0.3 is 16.0 Å². The summed E-state index contributed by atoms with van der Waals surface area (Å²) in [6, 6.07) is 6.14. The molecule has 1 fully saturated rings. The Labute approximate surface area is 139 Å². The van der Waals surface area contributed by atoms with Crippen LogP contribution in [0.15, 0.2) is 24.3 Å². The third-order valence-electron chi connectivity index (χ3n) is 3.50. The summed E-state index contributed by atoms with van der Waals surface area (Å²) in [5.74, 6) is -0.837. The van der Waals surface area contributed by atoms with Gasteiger partial charge in [-0.1, -0.05) is 0 Å². The number of benzene rings is 1. The fraction of sp³-hybridized carbons (Fsp3) is 0.375. The lowest BCUT2D eigenvalue weighted by Crippen LogP contribution is -2.40. The predicted octanol–water partition coefficient (Wildman–Crippen LogP) is 1.30. The van der Waals surface area contributed by atoms with Gasteiger partial charge in [0.05, 0.1) is 0 Å². The first-order valence-electron chi connectivity index (χ1n) is 7.50. The Bertz CT molecular complexity index is 682. The van der Waals surface area contributed by atoms with Crippen molar-refractivity contribution in [2.75, 3.05) is 17.2 Å². The molecule has 1 aromatic carbocycles. The van der Waals surface area contributed by atoms with Crippen LogP contribution in [-0.2, 0) is 14.4 Å². The number of urea groups is 1. The van der Waals surface area contributed by atoms with Crippen LogP contribution in [0, 0.1) is 0 Å². The van der Waals surface area contributed by atoms with Crippen molar-refractivity contribution >= 4 is 35.1 Å². The maximum Gasteiger partial charge on any atom is 0.325 e. The lowest BCUT2D eigenvalue weighted by Gasteiger charge is -2.15. The second-order valence-electron chi connectivity index (χ2n) is 6.07. The van der Waals surface area contributed by atoms with E-state index in [0.717, 1.165) is 4.90 Å². The second-order valence-corrected chi connectivity index (χ2v) is 6.07. The summed E-state index contributed by atoms with van der Waals surface area (Å²) in [7, 11) is 0. The Kier molecular flexibility index (Phi) is 4.87. The molecular formula is C16H20N4O4. The number of carbonyl (C=O) groups is 4. The standard InChI is InChI=1S/C16H20N4O4/c1-10(21)17-11-4-6-12(7-5-11)18-13(22)8-9-20-14(23)16(2,3)19-15(20)24/h4-7H,8-9H2,1-3H3,(H,17,21)(H,18,22)(H,19,24). The van der Waals surface area contributed by atoms with Gasteiger partial charge in [-0.25, -0.2) is 4.79 Å². The first-order chi connectivity index (χ1) is 11.2. The Morgan fingerprint density at radius 3 is 2.08 bits per heavy atom. The highest BCUT2D eigenvalue weighted by Crippen LogP contribution is 2.17. The predicted molar refractivity (Wildman–Crippen MR) is 88.3 cm³/mol. The number of amides is 5. The fourth-order valence-electron chi connectivity index (χ4n) is 2.30. The van der Waals surface area contributed by atoms with E-state index in [2.05, 4.69) is 16.0 Å². The fourth-order valence-corrected chi connectivity index (χ4v) is 2.30. The first-order valence-corrected chi connectivity index (χ1v) is 7.50. The molecule has 2 rings (SSSR count). The van der Waals surface area contributed by atoms with E-state index in [9.17, 15) is 19.2 Å². The van der Waals surface area contributed by atoms with E-state index in [4.69, 9.17) is 0 Å². The van der Waals surface area contributed by atoms with Crippen LogP contribution < -0.4 is 16.0 Å². The average molecular weight is 332 g/mol. The number of hydrogen-bond donors (Lipinski definition) is 3. The Morgan fingerprint density at radius 2 is 1.62 bits per heavy atom. The maximum absolute atomic E-state index is 12.0. The lowest BCUT2D eigenvalue weighted by atomic mass is 10.1. The monoisotopic (exact) mass is 332 g/mol. The van der Waals surface area contributed by atoms with Crippen LogP contribution in [0.1, 0.15) is 27.2 Å². The van der Waals surface area contributed by atoms with Gasteiger partial charge in [-0.15, -0.1) is 0 Å². The van der Waals surface area contributed by atoms with Crippen LogP contribution in [0.4, 0.5) is 16.2 Å². The topological polar surface area (TPSA) is 108 Å². The van der Waals surface area contributed by atoms with Crippen molar-refractivity contribution in [2.24, 2.45) is 0 Å². The molecule has 1 aromatic rings. The van der Waals surface area contributed by atoms with Gasteiger partial charge in [0.25, 0.3) is 5.91 Å². The van der Waals surface area contributed by atoms with Gasteiger partial charge in [-0.2, -0.15) is 0 Å². The molecule has 0 atom stereocenters. The molecule has 0 unspecified atom stereocenters. The minimum absolute atomic E-state index is 0.00267. The molecule has 8 nitrogen and oxygen atoms in total. The average Bonchev–Trinajstić information content (AvgIpc) is 2.67. The molecule has 0 saturated carbocycles. The summed E-state index contributed by atoms with van der Waals surface area (Å²) in [6.07, 6.45) is 0.00267. The molecule has 8 heteroatoms. The number of anilines is 2. The van der Waals surface area contributed by atoms with Gasteiger partial charge in [0.2, 0.25) is 11.8 Å². The minimum Gasteiger partial charge on any atom is -0.326 e. The van der Waals surface area contributed by atoms with Gasteiger partial charge >= 0.3 is 6.03 Å². The molecule has 128 valence electrons. The highest BCUT2D eigenvalue weighted by Gasteiger charge is 2.43. The second kappa shape index (κ2) is 6.69. The lowest BCUT2D eigenvalue weighted by molar-refractivity contribution is -0.130. The SMILES string of the molecule is CC(=O)Nc1ccc(NC(=O)CCN2C(=O)NC(C)(C)C2=O)cc1. The van der Waals surface area contributed by atoms with Crippen LogP contribution in [0.25, 0.3) is 0 Å². The molecule has 1 heterocycles. The van der Waals surface area contributed by atoms with Crippen LogP contribution in [-0.4, -0.2) is 40.7 Å². The van der Waals surface area contributed by atoms with E-state index < -0.39 is 11.6 Å². The summed E-state index contributed by atoms with van der Waals surface area (Å²) in [4.78, 5) is 47.7. The summed E-state index contributed by atoms with van der Waals surface area (Å²) in [5.41, 5.74) is 0.251. The Balaban J connectivity index is 1.86. The summed E-state index contributed by atoms with van der Waals surface area (Å²) >= 11 is 0. The molecule has 0 spiro atoms. The zero-order valence-electron chi connectivity index (χ0n) is 13.8. The molecule has 24 heavy (non-hydrogen) atoms. The van der Waals surface area contributed by atoms with Crippen molar-refractivity contribution in [3.8, 4) is 0 Å². The molecular weight excluding hydrogens is 312 g/mol. The molecule has 0 radical (unpaired) electrons. The normalized spacial score (nSPS) is 15.9. The molecule has 0 aliphatic carbocycles. The Morgan fingerprint density at radius 1 is 1.08 bits per heavy atom. The first kappa shape index (κ1) is 17.5. The zero-order chi connectivity index (χ0) is 17.9. The maximum atomic E-state index is 12.0. The smallest absolute Gasteiger partial charge is 0.325 e. The van der Waals surface area contributed by atoms with E-state index in [1.54, 1.807) is 38.1 Å². The van der Waals surface area contributed by atoms with Crippen molar-refractivity contribution in [2.45, 2.75) is 32.7 Å². The highest BCUT2D eigenvalue weighted by atomic mass is 16.2. The van der Waals surface area contributed by atoms with Crippen molar-refractivity contribution in [1.82, 2.24) is 10.2 Å². The number of carbonyl (C=O) groups excluding carboxylic acids is 4. The van der Waals surface area contributed by atoms with Crippen molar-refractivity contribution in [3.05, 3.63) is 24.3 Å². The summed E-state index contributed by atoms with van der Waals surface area (Å²) < 4.78 is 0. The summed E-state index contributed by atoms with van der Waals surface area (Å²) in [5, 5.41) is 7.86. The molecule has 0 bridgehead atoms. The van der Waals surface area contributed by atoms with Gasteiger partial charge in [0.15, 0.2) is 0 Å². The molecule has 1 aliphatic heterocycles. The largest absolute Gasteiger partial charge is 0.326 e. The molecule has 3 N–H and O–H groups in total. The van der Waals surface area contributed by atoms with E-state index in [1.807, 2.05) is 0 Å². The van der Waals surface area contributed by atoms with Crippen LogP contribution in [0.5, 0.6) is 0 Å². The highest BCUT2D eigenvalue weighted by molar-refractivity contribution is 6.06. The van der Waals surface area contributed by atoms with E-state index in [-0.39, 0.29) is 30.7 Å². The van der Waals surface area contributed by atoms with Crippen LogP contribution >= 0.6 is 0 Å². The molecule has 5 amide bonds. The number of nitrogens with zero attached hydrogens (tertiary/aromatic N) is 1.